The second-order valence-electron chi connectivity index (χ2n) is 20.7. The molecular weight excluding hydrogens is 879 g/mol. The molecule has 2 unspecified atom stereocenters. The molecule has 0 rings (SSSR count). The van der Waals surface area contributed by atoms with Crippen molar-refractivity contribution in [3.63, 3.8) is 0 Å². The van der Waals surface area contributed by atoms with Gasteiger partial charge in [0.25, 0.3) is 0 Å². The minimum absolute atomic E-state index is 0.0735. The molecule has 1 amide bonds. The smallest absolute Gasteiger partial charge is 0.220 e. The Morgan fingerprint density at radius 3 is 0.972 bits per heavy atom. The molecule has 3 N–H and O–H groups in total. The summed E-state index contributed by atoms with van der Waals surface area (Å²) in [4.78, 5) is 12.5. The van der Waals surface area contributed by atoms with E-state index in [2.05, 4.69) is 116 Å². The first-order valence-electron chi connectivity index (χ1n) is 31.1. The third kappa shape index (κ3) is 57.9. The summed E-state index contributed by atoms with van der Waals surface area (Å²) in [5.41, 5.74) is 0. The van der Waals surface area contributed by atoms with E-state index in [1.165, 1.54) is 199 Å². The van der Waals surface area contributed by atoms with Crippen LogP contribution in [0.1, 0.15) is 296 Å². The zero-order valence-corrected chi connectivity index (χ0v) is 47.7. The van der Waals surface area contributed by atoms with E-state index in [9.17, 15) is 15.0 Å². The molecule has 0 aromatic carbocycles. The van der Waals surface area contributed by atoms with Crippen LogP contribution in [0.25, 0.3) is 0 Å². The van der Waals surface area contributed by atoms with Crippen molar-refractivity contribution in [1.29, 1.82) is 0 Å². The van der Waals surface area contributed by atoms with E-state index in [0.717, 1.165) is 77.0 Å². The summed E-state index contributed by atoms with van der Waals surface area (Å²) in [7, 11) is 0. The first-order chi connectivity index (χ1) is 35.7. The Hall–Kier alpha value is -2.95. The molecule has 0 saturated carbocycles. The van der Waals surface area contributed by atoms with Crippen LogP contribution in [0.2, 0.25) is 0 Å². The Kier molecular flexibility index (Phi) is 59.8. The molecule has 0 aliphatic heterocycles. The molecular formula is C68H119NO3. The number of aliphatic hydroxyl groups excluding tert-OH is 2. The summed E-state index contributed by atoms with van der Waals surface area (Å²) in [5.74, 6) is -0.0735. The number of hydrogen-bond donors (Lipinski definition) is 3. The zero-order chi connectivity index (χ0) is 52.0. The highest BCUT2D eigenvalue weighted by molar-refractivity contribution is 5.76. The van der Waals surface area contributed by atoms with Crippen LogP contribution in [-0.2, 0) is 4.79 Å². The van der Waals surface area contributed by atoms with E-state index < -0.39 is 12.1 Å². The topological polar surface area (TPSA) is 69.6 Å². The van der Waals surface area contributed by atoms with E-state index in [0.29, 0.717) is 6.42 Å². The van der Waals surface area contributed by atoms with Gasteiger partial charge >= 0.3 is 0 Å². The molecule has 0 spiro atoms. The standard InChI is InChI=1S/C68H119NO3/c1-3-5-7-9-11-13-15-17-19-21-23-25-26-27-28-29-30-31-32-33-34-35-36-37-38-39-40-41-42-44-46-48-50-52-54-56-58-60-62-64-68(72)69-66(65-70)67(71)63-61-59-57-55-53-51-49-47-45-43-24-22-20-18-16-14-12-10-8-6-4-2/h5,7,11,13,17,19,23,25,27-28,30-31,33-34,53,55,61,63,66-67,70-71H,3-4,6,8-10,12,14-16,18,20-22,24,26,29,32,35-52,54,56-60,62,64-65H2,1-2H3,(H,69,72)/b7-5-,13-11-,19-17-,25-23-,28-27-,31-30-,34-33-,55-53+,63-61+. The van der Waals surface area contributed by atoms with E-state index in [-0.39, 0.29) is 12.5 Å². The van der Waals surface area contributed by atoms with Crippen LogP contribution in [0.5, 0.6) is 0 Å². The predicted octanol–water partition coefficient (Wildman–Crippen LogP) is 21.0. The fourth-order valence-electron chi connectivity index (χ4n) is 9.06. The van der Waals surface area contributed by atoms with Crippen molar-refractivity contribution >= 4 is 5.91 Å². The highest BCUT2D eigenvalue weighted by atomic mass is 16.3. The molecule has 0 bridgehead atoms. The lowest BCUT2D eigenvalue weighted by Crippen LogP contribution is -2.45. The first kappa shape index (κ1) is 69.0. The van der Waals surface area contributed by atoms with Gasteiger partial charge in [0.1, 0.15) is 0 Å². The Labute approximate surface area is 448 Å². The SMILES string of the molecule is CC/C=C\C/C=C\C/C=C\C/C=C\C/C=C\C/C=C\C/C=C\CCCCCCCCCCCCCCCCCCCC(=O)NC(CO)C(O)/C=C/CC/C=C/CCCCCCCCCCCCCCCCC. The van der Waals surface area contributed by atoms with Crippen molar-refractivity contribution < 1.29 is 15.0 Å². The molecule has 4 heteroatoms. The summed E-state index contributed by atoms with van der Waals surface area (Å²) in [6, 6.07) is -0.644. The van der Waals surface area contributed by atoms with Gasteiger partial charge in [0, 0.05) is 6.42 Å². The Balaban J connectivity index is 3.53. The highest BCUT2D eigenvalue weighted by Crippen LogP contribution is 2.17. The summed E-state index contributed by atoms with van der Waals surface area (Å²) in [5, 5.41) is 23.2. The maximum Gasteiger partial charge on any atom is 0.220 e. The van der Waals surface area contributed by atoms with Crippen LogP contribution < -0.4 is 5.32 Å². The molecule has 414 valence electrons. The maximum atomic E-state index is 12.5. The number of carbonyl (C=O) groups excluding carboxylic acids is 1. The lowest BCUT2D eigenvalue weighted by molar-refractivity contribution is -0.123. The number of carbonyl (C=O) groups is 1. The number of rotatable bonds is 56. The number of allylic oxidation sites excluding steroid dienone is 17. The van der Waals surface area contributed by atoms with Gasteiger partial charge in [0.2, 0.25) is 5.91 Å². The normalized spacial score (nSPS) is 13.6. The molecule has 0 heterocycles. The molecule has 0 aromatic heterocycles. The van der Waals surface area contributed by atoms with Gasteiger partial charge in [0.05, 0.1) is 18.8 Å². The van der Waals surface area contributed by atoms with Gasteiger partial charge in [0.15, 0.2) is 0 Å². The molecule has 0 aromatic rings. The Morgan fingerprint density at radius 2 is 0.625 bits per heavy atom. The van der Waals surface area contributed by atoms with E-state index in [4.69, 9.17) is 0 Å². The van der Waals surface area contributed by atoms with Gasteiger partial charge in [-0.15, -0.1) is 0 Å². The van der Waals surface area contributed by atoms with E-state index >= 15 is 0 Å². The molecule has 2 atom stereocenters. The van der Waals surface area contributed by atoms with Crippen LogP contribution in [0.3, 0.4) is 0 Å². The molecule has 4 nitrogen and oxygen atoms in total. The summed E-state index contributed by atoms with van der Waals surface area (Å²) in [6.07, 6.45) is 94.2. The highest BCUT2D eigenvalue weighted by Gasteiger charge is 2.18. The monoisotopic (exact) mass is 998 g/mol. The predicted molar refractivity (Wildman–Crippen MR) is 322 cm³/mol. The van der Waals surface area contributed by atoms with Gasteiger partial charge < -0.3 is 15.5 Å². The van der Waals surface area contributed by atoms with Crippen LogP contribution in [0, 0.1) is 0 Å². The number of amides is 1. The van der Waals surface area contributed by atoms with Crippen molar-refractivity contribution in [2.75, 3.05) is 6.61 Å². The third-order valence-electron chi connectivity index (χ3n) is 13.7. The van der Waals surface area contributed by atoms with E-state index in [1.54, 1.807) is 6.08 Å². The van der Waals surface area contributed by atoms with Crippen LogP contribution in [0.15, 0.2) is 109 Å². The van der Waals surface area contributed by atoms with Crippen molar-refractivity contribution in [3.8, 4) is 0 Å². The van der Waals surface area contributed by atoms with Crippen LogP contribution >= 0.6 is 0 Å². The van der Waals surface area contributed by atoms with E-state index in [1.807, 2.05) is 6.08 Å². The number of unbranched alkanes of at least 4 members (excludes halogenated alkanes) is 33. The average molecular weight is 999 g/mol. The molecule has 0 radical (unpaired) electrons. The fraction of sp³-hybridized carbons (Fsp3) is 0.721. The quantitative estimate of drug-likeness (QED) is 0.0420. The van der Waals surface area contributed by atoms with Crippen molar-refractivity contribution in [1.82, 2.24) is 5.32 Å². The fourth-order valence-corrected chi connectivity index (χ4v) is 9.06. The van der Waals surface area contributed by atoms with Crippen LogP contribution in [0.4, 0.5) is 0 Å². The van der Waals surface area contributed by atoms with Gasteiger partial charge in [-0.3, -0.25) is 4.79 Å². The first-order valence-corrected chi connectivity index (χ1v) is 31.1. The van der Waals surface area contributed by atoms with Crippen LogP contribution in [-0.4, -0.2) is 34.9 Å². The lowest BCUT2D eigenvalue weighted by atomic mass is 10.0. The maximum absolute atomic E-state index is 12.5. The number of nitrogens with one attached hydrogen (secondary N) is 1. The third-order valence-corrected chi connectivity index (χ3v) is 13.7. The van der Waals surface area contributed by atoms with Gasteiger partial charge in [-0.05, 0) is 89.9 Å². The molecule has 72 heavy (non-hydrogen) atoms. The Bertz CT molecular complexity index is 1360. The van der Waals surface area contributed by atoms with Crippen molar-refractivity contribution in [2.24, 2.45) is 0 Å². The molecule has 0 aliphatic carbocycles. The van der Waals surface area contributed by atoms with Gasteiger partial charge in [-0.25, -0.2) is 0 Å². The van der Waals surface area contributed by atoms with Gasteiger partial charge in [-0.2, -0.15) is 0 Å². The average Bonchev–Trinajstić information content (AvgIpc) is 3.39. The second kappa shape index (κ2) is 62.3. The number of hydrogen-bond acceptors (Lipinski definition) is 3. The lowest BCUT2D eigenvalue weighted by Gasteiger charge is -2.19. The number of aliphatic hydroxyl groups is 2. The molecule has 0 aliphatic rings. The largest absolute Gasteiger partial charge is 0.394 e. The summed E-state index contributed by atoms with van der Waals surface area (Å²) >= 11 is 0. The summed E-state index contributed by atoms with van der Waals surface area (Å²) < 4.78 is 0. The Morgan fingerprint density at radius 1 is 0.347 bits per heavy atom. The minimum Gasteiger partial charge on any atom is -0.394 e. The summed E-state index contributed by atoms with van der Waals surface area (Å²) in [6.45, 7) is 4.20. The van der Waals surface area contributed by atoms with Crippen molar-refractivity contribution in [2.45, 2.75) is 309 Å². The molecule has 0 saturated heterocycles. The molecule has 0 fully saturated rings. The second-order valence-corrected chi connectivity index (χ2v) is 20.7. The van der Waals surface area contributed by atoms with Gasteiger partial charge in [-0.1, -0.05) is 309 Å². The minimum atomic E-state index is -0.867. The zero-order valence-electron chi connectivity index (χ0n) is 47.7. The van der Waals surface area contributed by atoms with Crippen molar-refractivity contribution in [3.05, 3.63) is 109 Å².